The van der Waals surface area contributed by atoms with Gasteiger partial charge >= 0.3 is 0 Å². The second-order valence-corrected chi connectivity index (χ2v) is 7.93. The highest BCUT2D eigenvalue weighted by atomic mass is 16.6. The maximum atomic E-state index is 11.3. The van der Waals surface area contributed by atoms with Crippen molar-refractivity contribution < 1.29 is 14.4 Å². The average Bonchev–Trinajstić information content (AvgIpc) is 3.21. The maximum Gasteiger partial charge on any atom is 0.270 e. The van der Waals surface area contributed by atoms with Gasteiger partial charge in [-0.25, -0.2) is 5.01 Å². The SMILES string of the molecule is COc1ccc(C2=NN3C(C2)c2cc([N+](=O)[O-])ccc2OC32CCCCC2)cc1. The van der Waals surface area contributed by atoms with Crippen molar-refractivity contribution >= 4 is 11.4 Å². The molecule has 1 atom stereocenters. The number of fused-ring (bicyclic) bond motifs is 4. The lowest BCUT2D eigenvalue weighted by molar-refractivity contribution is -0.385. The molecular formula is C22H23N3O4. The molecule has 1 saturated carbocycles. The average molecular weight is 393 g/mol. The molecule has 7 nitrogen and oxygen atoms in total. The van der Waals surface area contributed by atoms with Crippen molar-refractivity contribution in [1.29, 1.82) is 0 Å². The molecule has 2 aromatic rings. The smallest absolute Gasteiger partial charge is 0.270 e. The molecule has 7 heteroatoms. The van der Waals surface area contributed by atoms with Crippen LogP contribution >= 0.6 is 0 Å². The number of benzene rings is 2. The summed E-state index contributed by atoms with van der Waals surface area (Å²) in [5.74, 6) is 1.56. The van der Waals surface area contributed by atoms with Gasteiger partial charge in [-0.3, -0.25) is 10.1 Å². The molecule has 5 rings (SSSR count). The van der Waals surface area contributed by atoms with E-state index in [-0.39, 0.29) is 16.7 Å². The molecule has 2 heterocycles. The van der Waals surface area contributed by atoms with E-state index in [9.17, 15) is 10.1 Å². The fourth-order valence-electron chi connectivity index (χ4n) is 4.78. The third-order valence-corrected chi connectivity index (χ3v) is 6.25. The van der Waals surface area contributed by atoms with Crippen LogP contribution in [0.15, 0.2) is 47.6 Å². The van der Waals surface area contributed by atoms with Crippen molar-refractivity contribution in [2.75, 3.05) is 7.11 Å². The standard InChI is InChI=1S/C22H23N3O4/c1-28-17-8-5-15(6-9-17)19-14-20-18-13-16(25(26)27)7-10-21(18)29-22(24(20)23-19)11-3-2-4-12-22/h5-10,13,20H,2-4,11-12,14H2,1H3. The largest absolute Gasteiger partial charge is 0.497 e. The fraction of sp³-hybridized carbons (Fsp3) is 0.409. The van der Waals surface area contributed by atoms with Crippen molar-refractivity contribution in [2.24, 2.45) is 5.10 Å². The van der Waals surface area contributed by atoms with Crippen molar-refractivity contribution in [2.45, 2.75) is 50.3 Å². The molecule has 0 saturated heterocycles. The molecule has 3 aliphatic rings. The van der Waals surface area contributed by atoms with Crippen LogP contribution in [0.4, 0.5) is 5.69 Å². The van der Waals surface area contributed by atoms with Crippen LogP contribution < -0.4 is 9.47 Å². The summed E-state index contributed by atoms with van der Waals surface area (Å²) in [7, 11) is 1.65. The molecule has 1 unspecified atom stereocenters. The maximum absolute atomic E-state index is 11.3. The van der Waals surface area contributed by atoms with E-state index < -0.39 is 5.72 Å². The highest BCUT2D eigenvalue weighted by molar-refractivity contribution is 6.02. The van der Waals surface area contributed by atoms with E-state index in [4.69, 9.17) is 14.6 Å². The molecular weight excluding hydrogens is 370 g/mol. The van der Waals surface area contributed by atoms with Crippen molar-refractivity contribution in [3.8, 4) is 11.5 Å². The van der Waals surface area contributed by atoms with Gasteiger partial charge in [-0.15, -0.1) is 0 Å². The van der Waals surface area contributed by atoms with Crippen LogP contribution in [0.25, 0.3) is 0 Å². The van der Waals surface area contributed by atoms with Crippen LogP contribution in [-0.2, 0) is 0 Å². The molecule has 0 radical (unpaired) electrons. The van der Waals surface area contributed by atoms with Gasteiger partial charge in [0.15, 0.2) is 5.72 Å². The monoisotopic (exact) mass is 393 g/mol. The first kappa shape index (κ1) is 18.0. The molecule has 2 aromatic carbocycles. The van der Waals surface area contributed by atoms with Gasteiger partial charge in [-0.05, 0) is 48.7 Å². The molecule has 2 aliphatic heterocycles. The number of non-ortho nitro benzene ring substituents is 1. The molecule has 1 fully saturated rings. The number of rotatable bonds is 3. The van der Waals surface area contributed by atoms with Gasteiger partial charge in [0.05, 0.1) is 23.8 Å². The van der Waals surface area contributed by atoms with E-state index in [1.807, 2.05) is 24.3 Å². The predicted molar refractivity (Wildman–Crippen MR) is 108 cm³/mol. The van der Waals surface area contributed by atoms with Crippen molar-refractivity contribution in [3.63, 3.8) is 0 Å². The first-order valence-electron chi connectivity index (χ1n) is 10.1. The Kier molecular flexibility index (Phi) is 4.19. The number of ether oxygens (including phenoxy) is 2. The normalized spacial score (nSPS) is 21.8. The third-order valence-electron chi connectivity index (χ3n) is 6.25. The Hall–Kier alpha value is -3.09. The molecule has 0 bridgehead atoms. The summed E-state index contributed by atoms with van der Waals surface area (Å²) in [6.07, 6.45) is 5.92. The molecule has 150 valence electrons. The molecule has 29 heavy (non-hydrogen) atoms. The predicted octanol–water partition coefficient (Wildman–Crippen LogP) is 4.81. The summed E-state index contributed by atoms with van der Waals surface area (Å²) in [5.41, 5.74) is 2.50. The fourth-order valence-corrected chi connectivity index (χ4v) is 4.78. The van der Waals surface area contributed by atoms with Crippen LogP contribution in [0.5, 0.6) is 11.5 Å². The van der Waals surface area contributed by atoms with Crippen LogP contribution in [-0.4, -0.2) is 28.5 Å². The molecule has 1 spiro atoms. The Morgan fingerprint density at radius 2 is 1.93 bits per heavy atom. The zero-order chi connectivity index (χ0) is 20.0. The summed E-state index contributed by atoms with van der Waals surface area (Å²) < 4.78 is 11.8. The minimum atomic E-state index is -0.458. The summed E-state index contributed by atoms with van der Waals surface area (Å²) in [6.45, 7) is 0. The number of nitro groups is 1. The number of nitro benzene ring substituents is 1. The number of hydrogen-bond donors (Lipinski definition) is 0. The van der Waals surface area contributed by atoms with Gasteiger partial charge in [0.25, 0.3) is 5.69 Å². The van der Waals surface area contributed by atoms with E-state index in [2.05, 4.69) is 5.01 Å². The Morgan fingerprint density at radius 1 is 1.17 bits per heavy atom. The Labute approximate surface area is 169 Å². The zero-order valence-electron chi connectivity index (χ0n) is 16.3. The lowest BCUT2D eigenvalue weighted by atomic mass is 9.86. The van der Waals surface area contributed by atoms with E-state index in [0.29, 0.717) is 6.42 Å². The number of hydrogen-bond acceptors (Lipinski definition) is 6. The third kappa shape index (κ3) is 2.92. The first-order valence-corrected chi connectivity index (χ1v) is 10.1. The number of methoxy groups -OCH3 is 1. The van der Waals surface area contributed by atoms with Gasteiger partial charge in [0.1, 0.15) is 11.5 Å². The van der Waals surface area contributed by atoms with Crippen LogP contribution in [0.1, 0.15) is 55.7 Å². The second-order valence-electron chi connectivity index (χ2n) is 7.93. The molecule has 0 aromatic heterocycles. The van der Waals surface area contributed by atoms with Crippen LogP contribution in [0, 0.1) is 10.1 Å². The number of hydrazone groups is 1. The molecule has 0 N–H and O–H groups in total. The second kappa shape index (κ2) is 6.76. The summed E-state index contributed by atoms with van der Waals surface area (Å²) >= 11 is 0. The van der Waals surface area contributed by atoms with E-state index in [1.54, 1.807) is 19.2 Å². The Morgan fingerprint density at radius 3 is 2.62 bits per heavy atom. The minimum Gasteiger partial charge on any atom is -0.497 e. The van der Waals surface area contributed by atoms with Crippen molar-refractivity contribution in [1.82, 2.24) is 5.01 Å². The van der Waals surface area contributed by atoms with Crippen LogP contribution in [0.2, 0.25) is 0 Å². The van der Waals surface area contributed by atoms with Gasteiger partial charge < -0.3 is 9.47 Å². The lowest BCUT2D eigenvalue weighted by Gasteiger charge is -2.49. The van der Waals surface area contributed by atoms with E-state index >= 15 is 0 Å². The summed E-state index contributed by atoms with van der Waals surface area (Å²) in [6, 6.07) is 12.8. The van der Waals surface area contributed by atoms with Crippen molar-refractivity contribution in [3.05, 3.63) is 63.7 Å². The number of nitrogens with zero attached hydrogens (tertiary/aromatic N) is 3. The highest BCUT2D eigenvalue weighted by Crippen LogP contribution is 2.51. The van der Waals surface area contributed by atoms with Gasteiger partial charge in [0.2, 0.25) is 0 Å². The highest BCUT2D eigenvalue weighted by Gasteiger charge is 2.51. The topological polar surface area (TPSA) is 77.2 Å². The quantitative estimate of drug-likeness (QED) is 0.553. The Balaban J connectivity index is 1.57. The summed E-state index contributed by atoms with van der Waals surface area (Å²) in [5, 5.41) is 18.4. The van der Waals surface area contributed by atoms with Gasteiger partial charge in [-0.2, -0.15) is 5.10 Å². The molecule has 1 aliphatic carbocycles. The zero-order valence-corrected chi connectivity index (χ0v) is 16.3. The van der Waals surface area contributed by atoms with Crippen LogP contribution in [0.3, 0.4) is 0 Å². The van der Waals surface area contributed by atoms with Gasteiger partial charge in [-0.1, -0.05) is 6.42 Å². The minimum absolute atomic E-state index is 0.0474. The first-order chi connectivity index (χ1) is 14.1. The van der Waals surface area contributed by atoms with Gasteiger partial charge in [0, 0.05) is 37.0 Å². The summed E-state index contributed by atoms with van der Waals surface area (Å²) in [4.78, 5) is 11.0. The van der Waals surface area contributed by atoms with E-state index in [1.165, 1.54) is 12.5 Å². The molecule has 0 amide bonds. The Bertz CT molecular complexity index is 980. The lowest BCUT2D eigenvalue weighted by Crippen LogP contribution is -2.54. The van der Waals surface area contributed by atoms with E-state index in [0.717, 1.165) is 54.0 Å².